The Hall–Kier alpha value is -2.14. The molecule has 4 rings (SSSR count). The zero-order valence-corrected chi connectivity index (χ0v) is 14.6. The van der Waals surface area contributed by atoms with Gasteiger partial charge in [-0.25, -0.2) is 9.97 Å². The number of aryl methyl sites for hydroxylation is 1. The van der Waals surface area contributed by atoms with Crippen molar-refractivity contribution in [3.05, 3.63) is 46.6 Å². The monoisotopic (exact) mass is 339 g/mol. The van der Waals surface area contributed by atoms with E-state index in [9.17, 15) is 5.11 Å². The van der Waals surface area contributed by atoms with Crippen molar-refractivity contribution in [2.24, 2.45) is 5.92 Å². The van der Waals surface area contributed by atoms with Crippen molar-refractivity contribution in [2.45, 2.75) is 32.6 Å². The third kappa shape index (κ3) is 2.96. The molecule has 1 aliphatic carbocycles. The van der Waals surface area contributed by atoms with Gasteiger partial charge in [-0.2, -0.15) is 0 Å². The molecule has 2 heterocycles. The highest BCUT2D eigenvalue weighted by Crippen LogP contribution is 2.39. The predicted molar refractivity (Wildman–Crippen MR) is 98.9 cm³/mol. The van der Waals surface area contributed by atoms with Gasteiger partial charge in [-0.3, -0.25) is 0 Å². The van der Waals surface area contributed by atoms with Crippen LogP contribution in [0, 0.1) is 5.92 Å². The van der Waals surface area contributed by atoms with E-state index in [0.29, 0.717) is 5.75 Å². The quantitative estimate of drug-likeness (QED) is 0.749. The standard InChI is InChI=1S/C19H21N3OS/c1-12-2-7-15-16(10-12)24-19-17(15)18(21-11-22-19)20-9-8-13-3-5-14(23)6-4-13/h3-6,11-12,23H,2,7-10H2,1H3,(H,20,21,22)/t12-/m0/s1. The summed E-state index contributed by atoms with van der Waals surface area (Å²) in [5, 5.41) is 14.1. The second-order valence-electron chi connectivity index (χ2n) is 6.60. The highest BCUT2D eigenvalue weighted by atomic mass is 32.1. The molecule has 0 saturated heterocycles. The Labute approximate surface area is 145 Å². The zero-order chi connectivity index (χ0) is 16.5. The highest BCUT2D eigenvalue weighted by Gasteiger charge is 2.22. The number of aromatic nitrogens is 2. The molecule has 0 amide bonds. The van der Waals surface area contributed by atoms with Gasteiger partial charge in [-0.15, -0.1) is 11.3 Å². The smallest absolute Gasteiger partial charge is 0.138 e. The van der Waals surface area contributed by atoms with Gasteiger partial charge >= 0.3 is 0 Å². The third-order valence-corrected chi connectivity index (χ3v) is 5.90. The maximum Gasteiger partial charge on any atom is 0.138 e. The lowest BCUT2D eigenvalue weighted by Gasteiger charge is -2.18. The summed E-state index contributed by atoms with van der Waals surface area (Å²) < 4.78 is 0. The number of nitrogens with one attached hydrogen (secondary N) is 1. The molecule has 0 unspecified atom stereocenters. The Kier molecular flexibility index (Phi) is 4.10. The predicted octanol–water partition coefficient (Wildman–Crippen LogP) is 4.18. The van der Waals surface area contributed by atoms with Crippen molar-refractivity contribution < 1.29 is 5.11 Å². The van der Waals surface area contributed by atoms with Crippen molar-refractivity contribution in [1.29, 1.82) is 0 Å². The normalized spacial score (nSPS) is 17.0. The van der Waals surface area contributed by atoms with E-state index < -0.39 is 0 Å². The second-order valence-corrected chi connectivity index (χ2v) is 7.68. The fourth-order valence-electron chi connectivity index (χ4n) is 3.40. The number of phenols is 1. The molecule has 5 heteroatoms. The van der Waals surface area contributed by atoms with Gasteiger partial charge in [0.2, 0.25) is 0 Å². The average Bonchev–Trinajstić information content (AvgIpc) is 2.95. The summed E-state index contributed by atoms with van der Waals surface area (Å²) in [4.78, 5) is 11.6. The van der Waals surface area contributed by atoms with Crippen molar-refractivity contribution in [2.75, 3.05) is 11.9 Å². The van der Waals surface area contributed by atoms with Gasteiger partial charge in [-0.1, -0.05) is 19.1 Å². The number of thiophene rings is 1. The van der Waals surface area contributed by atoms with Crippen LogP contribution < -0.4 is 5.32 Å². The van der Waals surface area contributed by atoms with Crippen LogP contribution in [0.4, 0.5) is 5.82 Å². The van der Waals surface area contributed by atoms with E-state index >= 15 is 0 Å². The van der Waals surface area contributed by atoms with E-state index in [2.05, 4.69) is 22.2 Å². The van der Waals surface area contributed by atoms with Crippen LogP contribution in [0.15, 0.2) is 30.6 Å². The van der Waals surface area contributed by atoms with Crippen molar-refractivity contribution in [3.8, 4) is 5.75 Å². The Morgan fingerprint density at radius 1 is 1.25 bits per heavy atom. The van der Waals surface area contributed by atoms with Gasteiger partial charge in [0.1, 0.15) is 22.7 Å². The molecule has 4 nitrogen and oxygen atoms in total. The topological polar surface area (TPSA) is 58.0 Å². The lowest BCUT2D eigenvalue weighted by atomic mass is 9.89. The third-order valence-electron chi connectivity index (χ3n) is 4.73. The van der Waals surface area contributed by atoms with Crippen LogP contribution in [-0.4, -0.2) is 21.6 Å². The Morgan fingerprint density at radius 2 is 2.08 bits per heavy atom. The fourth-order valence-corrected chi connectivity index (χ4v) is 4.75. The summed E-state index contributed by atoms with van der Waals surface area (Å²) in [6.07, 6.45) is 6.12. The number of hydrogen-bond acceptors (Lipinski definition) is 5. The molecule has 124 valence electrons. The van der Waals surface area contributed by atoms with E-state index in [-0.39, 0.29) is 0 Å². The van der Waals surface area contributed by atoms with Gasteiger partial charge in [0, 0.05) is 11.4 Å². The molecule has 0 spiro atoms. The molecule has 2 N–H and O–H groups in total. The van der Waals surface area contributed by atoms with Gasteiger partial charge in [-0.05, 0) is 54.9 Å². The van der Waals surface area contributed by atoms with Crippen molar-refractivity contribution in [1.82, 2.24) is 9.97 Å². The minimum atomic E-state index is 0.309. The molecular formula is C19H21N3OS. The maximum absolute atomic E-state index is 9.35. The van der Waals surface area contributed by atoms with Crippen molar-refractivity contribution >= 4 is 27.4 Å². The summed E-state index contributed by atoms with van der Waals surface area (Å²) >= 11 is 1.83. The lowest BCUT2D eigenvalue weighted by Crippen LogP contribution is -2.10. The number of nitrogens with zero attached hydrogens (tertiary/aromatic N) is 2. The molecule has 3 aromatic rings. The van der Waals surface area contributed by atoms with Crippen LogP contribution in [-0.2, 0) is 19.3 Å². The first-order valence-electron chi connectivity index (χ1n) is 8.47. The minimum absolute atomic E-state index is 0.309. The highest BCUT2D eigenvalue weighted by molar-refractivity contribution is 7.19. The lowest BCUT2D eigenvalue weighted by molar-refractivity contribution is 0.475. The molecule has 24 heavy (non-hydrogen) atoms. The number of rotatable bonds is 4. The summed E-state index contributed by atoms with van der Waals surface area (Å²) in [6.45, 7) is 3.15. The Balaban J connectivity index is 1.54. The Bertz CT molecular complexity index is 857. The SMILES string of the molecule is C[C@H]1CCc2c(sc3ncnc(NCCc4ccc(O)cc4)c23)C1. The fraction of sp³-hybridized carbons (Fsp3) is 0.368. The van der Waals surface area contributed by atoms with Crippen LogP contribution in [0.3, 0.4) is 0 Å². The first-order chi connectivity index (χ1) is 11.7. The molecule has 0 aliphatic heterocycles. The molecule has 1 aromatic carbocycles. The van der Waals surface area contributed by atoms with Crippen LogP contribution in [0.2, 0.25) is 0 Å². The van der Waals surface area contributed by atoms with Crippen LogP contribution in [0.5, 0.6) is 5.75 Å². The van der Waals surface area contributed by atoms with Gasteiger partial charge in [0.05, 0.1) is 5.39 Å². The van der Waals surface area contributed by atoms with E-state index in [1.54, 1.807) is 18.5 Å². The number of benzene rings is 1. The van der Waals surface area contributed by atoms with Crippen LogP contribution >= 0.6 is 11.3 Å². The molecule has 1 aliphatic rings. The second kappa shape index (κ2) is 6.40. The van der Waals surface area contributed by atoms with Gasteiger partial charge in [0.15, 0.2) is 0 Å². The molecular weight excluding hydrogens is 318 g/mol. The first-order valence-corrected chi connectivity index (χ1v) is 9.29. The zero-order valence-electron chi connectivity index (χ0n) is 13.7. The number of fused-ring (bicyclic) bond motifs is 3. The van der Waals surface area contributed by atoms with Gasteiger partial charge in [0.25, 0.3) is 0 Å². The number of aromatic hydroxyl groups is 1. The summed E-state index contributed by atoms with van der Waals surface area (Å²) in [5.41, 5.74) is 2.66. The summed E-state index contributed by atoms with van der Waals surface area (Å²) in [5.74, 6) is 2.04. The van der Waals surface area contributed by atoms with E-state index in [1.807, 2.05) is 23.5 Å². The summed E-state index contributed by atoms with van der Waals surface area (Å²) in [7, 11) is 0. The first kappa shape index (κ1) is 15.4. The van der Waals surface area contributed by atoms with Gasteiger partial charge < -0.3 is 10.4 Å². The van der Waals surface area contributed by atoms with E-state index in [0.717, 1.165) is 36.0 Å². The number of hydrogen-bond donors (Lipinski definition) is 2. The minimum Gasteiger partial charge on any atom is -0.508 e. The number of anilines is 1. The Morgan fingerprint density at radius 3 is 2.92 bits per heavy atom. The largest absolute Gasteiger partial charge is 0.508 e. The molecule has 2 aromatic heterocycles. The van der Waals surface area contributed by atoms with Crippen molar-refractivity contribution in [3.63, 3.8) is 0 Å². The van der Waals surface area contributed by atoms with E-state index in [1.165, 1.54) is 34.2 Å². The van der Waals surface area contributed by atoms with E-state index in [4.69, 9.17) is 0 Å². The molecule has 0 saturated carbocycles. The van der Waals surface area contributed by atoms with Crippen LogP contribution in [0.25, 0.3) is 10.2 Å². The summed E-state index contributed by atoms with van der Waals surface area (Å²) in [6, 6.07) is 7.38. The maximum atomic E-state index is 9.35. The molecule has 0 fully saturated rings. The van der Waals surface area contributed by atoms with Crippen LogP contribution in [0.1, 0.15) is 29.3 Å². The number of phenolic OH excluding ortho intramolecular Hbond substituents is 1. The average molecular weight is 339 g/mol. The molecule has 0 radical (unpaired) electrons. The molecule has 0 bridgehead atoms. The molecule has 1 atom stereocenters.